The Morgan fingerprint density at radius 3 is 1.02 bits per heavy atom. The lowest BCUT2D eigenvalue weighted by Crippen LogP contribution is -2.30. The summed E-state index contributed by atoms with van der Waals surface area (Å²) in [5.74, 6) is -0.914. The van der Waals surface area contributed by atoms with Crippen molar-refractivity contribution in [1.82, 2.24) is 0 Å². The third-order valence-corrected chi connectivity index (χ3v) is 10.1. The first-order chi connectivity index (χ1) is 27.5. The van der Waals surface area contributed by atoms with E-state index in [1.807, 2.05) is 0 Å². The second kappa shape index (κ2) is 45.1. The SMILES string of the molecule is CCCCC/C=C\C/C=C\CCCCCCCC(=O)OCC(COC(=O)CCCCCCCCCC)OC(=O)CCCCCCC/C=C\C/C=C\CCCCC. The minimum atomic E-state index is -0.781. The van der Waals surface area contributed by atoms with Gasteiger partial charge in [0.05, 0.1) is 0 Å². The van der Waals surface area contributed by atoms with E-state index < -0.39 is 6.10 Å². The van der Waals surface area contributed by atoms with Gasteiger partial charge in [-0.05, 0) is 83.5 Å². The van der Waals surface area contributed by atoms with Crippen LogP contribution in [0, 0.1) is 0 Å². The highest BCUT2D eigenvalue weighted by atomic mass is 16.6. The predicted octanol–water partition coefficient (Wildman–Crippen LogP) is 15.1. The molecule has 0 heterocycles. The average molecular weight is 785 g/mol. The zero-order valence-corrected chi connectivity index (χ0v) is 36.9. The van der Waals surface area contributed by atoms with Crippen LogP contribution in [0.15, 0.2) is 48.6 Å². The Morgan fingerprint density at radius 1 is 0.357 bits per heavy atom. The van der Waals surface area contributed by atoms with Gasteiger partial charge in [0.15, 0.2) is 6.10 Å². The fourth-order valence-corrected chi connectivity index (χ4v) is 6.44. The van der Waals surface area contributed by atoms with Crippen LogP contribution in [0.5, 0.6) is 0 Å². The number of carbonyl (C=O) groups is 3. The van der Waals surface area contributed by atoms with Gasteiger partial charge in [-0.15, -0.1) is 0 Å². The molecule has 0 bridgehead atoms. The highest BCUT2D eigenvalue weighted by Crippen LogP contribution is 2.13. The molecule has 0 aromatic carbocycles. The van der Waals surface area contributed by atoms with E-state index in [-0.39, 0.29) is 31.1 Å². The van der Waals surface area contributed by atoms with Crippen molar-refractivity contribution in [2.75, 3.05) is 13.2 Å². The largest absolute Gasteiger partial charge is 0.462 e. The van der Waals surface area contributed by atoms with Crippen LogP contribution in [0.25, 0.3) is 0 Å². The van der Waals surface area contributed by atoms with Crippen molar-refractivity contribution in [3.8, 4) is 0 Å². The molecule has 1 unspecified atom stereocenters. The molecule has 0 saturated carbocycles. The minimum absolute atomic E-state index is 0.0826. The lowest BCUT2D eigenvalue weighted by molar-refractivity contribution is -0.167. The number of rotatable bonds is 42. The first kappa shape index (κ1) is 53.4. The van der Waals surface area contributed by atoms with Crippen molar-refractivity contribution in [3.05, 3.63) is 48.6 Å². The molecule has 0 radical (unpaired) electrons. The van der Waals surface area contributed by atoms with E-state index >= 15 is 0 Å². The number of allylic oxidation sites excluding steroid dienone is 8. The number of esters is 3. The topological polar surface area (TPSA) is 78.9 Å². The molecule has 324 valence electrons. The number of ether oxygens (including phenoxy) is 3. The van der Waals surface area contributed by atoms with Crippen molar-refractivity contribution >= 4 is 17.9 Å². The highest BCUT2D eigenvalue weighted by molar-refractivity contribution is 5.71. The van der Waals surface area contributed by atoms with Gasteiger partial charge in [-0.2, -0.15) is 0 Å². The maximum Gasteiger partial charge on any atom is 0.306 e. The van der Waals surface area contributed by atoms with Gasteiger partial charge in [-0.25, -0.2) is 0 Å². The summed E-state index contributed by atoms with van der Waals surface area (Å²) in [5, 5.41) is 0. The third kappa shape index (κ3) is 42.5. The second-order valence-corrected chi connectivity index (χ2v) is 15.7. The molecule has 0 aliphatic rings. The summed E-state index contributed by atoms with van der Waals surface area (Å²) >= 11 is 0. The summed E-state index contributed by atoms with van der Waals surface area (Å²) in [6.07, 6.45) is 52.3. The van der Waals surface area contributed by atoms with Crippen LogP contribution >= 0.6 is 0 Å². The Balaban J connectivity index is 4.37. The Kier molecular flexibility index (Phi) is 43.0. The van der Waals surface area contributed by atoms with Crippen LogP contribution in [0.4, 0.5) is 0 Å². The van der Waals surface area contributed by atoms with E-state index in [1.165, 1.54) is 89.9 Å². The fraction of sp³-hybridized carbons (Fsp3) is 0.780. The molecule has 0 aliphatic carbocycles. The third-order valence-electron chi connectivity index (χ3n) is 10.1. The van der Waals surface area contributed by atoms with E-state index in [0.717, 1.165) is 103 Å². The summed E-state index contributed by atoms with van der Waals surface area (Å²) in [4.78, 5) is 37.7. The summed E-state index contributed by atoms with van der Waals surface area (Å²) in [7, 11) is 0. The molecular formula is C50H88O6. The second-order valence-electron chi connectivity index (χ2n) is 15.7. The summed E-state index contributed by atoms with van der Waals surface area (Å²) in [6, 6.07) is 0. The molecule has 0 rings (SSSR count). The number of hydrogen-bond donors (Lipinski definition) is 0. The molecular weight excluding hydrogens is 697 g/mol. The standard InChI is InChI=1S/C50H88O6/c1-4-7-10-13-16-19-21-23-25-27-29-31-34-37-40-43-49(52)55-46-47(45-54-48(51)42-39-36-33-18-15-12-9-6-3)56-50(53)44-41-38-35-32-30-28-26-24-22-20-17-14-11-8-5-2/h16-17,19-20,23-26,47H,4-15,18,21-22,27-46H2,1-3H3/b19-16-,20-17-,25-23-,26-24-. The maximum absolute atomic E-state index is 12.7. The smallest absolute Gasteiger partial charge is 0.306 e. The average Bonchev–Trinajstić information content (AvgIpc) is 3.19. The van der Waals surface area contributed by atoms with Gasteiger partial charge in [0.2, 0.25) is 0 Å². The molecule has 0 aromatic rings. The van der Waals surface area contributed by atoms with Crippen LogP contribution in [0.3, 0.4) is 0 Å². The Labute approximate surface area is 346 Å². The maximum atomic E-state index is 12.7. The quantitative estimate of drug-likeness (QED) is 0.0265. The molecule has 1 atom stereocenters. The van der Waals surface area contributed by atoms with Crippen molar-refractivity contribution in [1.29, 1.82) is 0 Å². The molecule has 0 spiro atoms. The van der Waals surface area contributed by atoms with E-state index in [4.69, 9.17) is 14.2 Å². The number of hydrogen-bond acceptors (Lipinski definition) is 6. The first-order valence-corrected chi connectivity index (χ1v) is 23.6. The zero-order valence-electron chi connectivity index (χ0n) is 36.9. The first-order valence-electron chi connectivity index (χ1n) is 23.6. The van der Waals surface area contributed by atoms with Crippen molar-refractivity contribution in [2.24, 2.45) is 0 Å². The predicted molar refractivity (Wildman–Crippen MR) is 238 cm³/mol. The van der Waals surface area contributed by atoms with E-state index in [1.54, 1.807) is 0 Å². The molecule has 6 nitrogen and oxygen atoms in total. The molecule has 56 heavy (non-hydrogen) atoms. The van der Waals surface area contributed by atoms with Crippen molar-refractivity contribution < 1.29 is 28.6 Å². The monoisotopic (exact) mass is 785 g/mol. The van der Waals surface area contributed by atoms with Crippen LogP contribution in [-0.4, -0.2) is 37.2 Å². The lowest BCUT2D eigenvalue weighted by Gasteiger charge is -2.18. The number of carbonyl (C=O) groups excluding carboxylic acids is 3. The van der Waals surface area contributed by atoms with Gasteiger partial charge in [-0.1, -0.05) is 179 Å². The van der Waals surface area contributed by atoms with Gasteiger partial charge in [0.25, 0.3) is 0 Å². The summed E-state index contributed by atoms with van der Waals surface area (Å²) in [5.41, 5.74) is 0. The van der Waals surface area contributed by atoms with Gasteiger partial charge in [0.1, 0.15) is 13.2 Å². The molecule has 0 saturated heterocycles. The lowest BCUT2D eigenvalue weighted by atomic mass is 10.1. The molecule has 6 heteroatoms. The molecule has 0 amide bonds. The van der Waals surface area contributed by atoms with Gasteiger partial charge < -0.3 is 14.2 Å². The molecule has 0 fully saturated rings. The molecule has 0 aliphatic heterocycles. The van der Waals surface area contributed by atoms with Crippen molar-refractivity contribution in [2.45, 2.75) is 239 Å². The van der Waals surface area contributed by atoms with Gasteiger partial charge >= 0.3 is 17.9 Å². The van der Waals surface area contributed by atoms with Crippen molar-refractivity contribution in [3.63, 3.8) is 0 Å². The van der Waals surface area contributed by atoms with Gasteiger partial charge in [0, 0.05) is 19.3 Å². The van der Waals surface area contributed by atoms with Crippen LogP contribution in [-0.2, 0) is 28.6 Å². The minimum Gasteiger partial charge on any atom is -0.462 e. The fourth-order valence-electron chi connectivity index (χ4n) is 6.44. The van der Waals surface area contributed by atoms with Gasteiger partial charge in [-0.3, -0.25) is 14.4 Å². The normalized spacial score (nSPS) is 12.4. The van der Waals surface area contributed by atoms with E-state index in [2.05, 4.69) is 69.4 Å². The van der Waals surface area contributed by atoms with E-state index in [0.29, 0.717) is 19.3 Å². The summed E-state index contributed by atoms with van der Waals surface area (Å²) < 4.78 is 16.7. The highest BCUT2D eigenvalue weighted by Gasteiger charge is 2.19. The Hall–Kier alpha value is -2.63. The zero-order chi connectivity index (χ0) is 40.8. The van der Waals surface area contributed by atoms with E-state index in [9.17, 15) is 14.4 Å². The van der Waals surface area contributed by atoms with Crippen LogP contribution < -0.4 is 0 Å². The molecule has 0 aromatic heterocycles. The van der Waals surface area contributed by atoms with Crippen LogP contribution in [0.2, 0.25) is 0 Å². The van der Waals surface area contributed by atoms with Crippen LogP contribution in [0.1, 0.15) is 233 Å². The Morgan fingerprint density at radius 2 is 0.643 bits per heavy atom. The Bertz CT molecular complexity index is 996. The molecule has 0 N–H and O–H groups in total. The number of unbranched alkanes of at least 4 members (excludes halogenated alkanes) is 23. The summed E-state index contributed by atoms with van der Waals surface area (Å²) in [6.45, 7) is 6.53.